The summed E-state index contributed by atoms with van der Waals surface area (Å²) in [6, 6.07) is 3.75. The number of hydrogen-bond donors (Lipinski definition) is 2. The van der Waals surface area contributed by atoms with Crippen molar-refractivity contribution in [1.29, 1.82) is 0 Å². The lowest BCUT2D eigenvalue weighted by molar-refractivity contribution is -0.135. The molecule has 1 atom stereocenters. The molecule has 3 radical (unpaired) electrons. The Morgan fingerprint density at radius 3 is 2.00 bits per heavy atom. The summed E-state index contributed by atoms with van der Waals surface area (Å²) in [4.78, 5) is 11.0. The van der Waals surface area contributed by atoms with Crippen molar-refractivity contribution in [3.05, 3.63) is 29.8 Å². The van der Waals surface area contributed by atoms with Crippen molar-refractivity contribution in [2.45, 2.75) is 18.0 Å². The number of carbonyl (C=O) groups excluding carboxylic acids is 1. The van der Waals surface area contributed by atoms with E-state index in [-0.39, 0.29) is 14.0 Å². The Labute approximate surface area is 120 Å². The minimum Gasteiger partial charge on any atom is -0.376 e. The third-order valence-corrected chi connectivity index (χ3v) is 3.36. The standard InChI is InChI=1S/C10H10F3NO5S.B/c1-9(16,8(14)15)6-2-4-7(5-3-6)19-20(17,18)10(11,12)13;/h2-5,16H,1H3,(H2,14,15);. The molecule has 1 aromatic rings. The molecule has 0 bridgehead atoms. The second kappa shape index (κ2) is 5.94. The van der Waals surface area contributed by atoms with E-state index >= 15 is 0 Å². The molecule has 0 saturated carbocycles. The number of alkyl halides is 3. The molecule has 6 nitrogen and oxygen atoms in total. The number of carbonyl (C=O) groups is 1. The minimum atomic E-state index is -5.77. The zero-order valence-electron chi connectivity index (χ0n) is 10.6. The van der Waals surface area contributed by atoms with Crippen LogP contribution >= 0.6 is 0 Å². The second-order valence-corrected chi connectivity index (χ2v) is 5.48. The van der Waals surface area contributed by atoms with Gasteiger partial charge >= 0.3 is 15.6 Å². The van der Waals surface area contributed by atoms with Crippen LogP contribution in [0.2, 0.25) is 0 Å². The van der Waals surface area contributed by atoms with Gasteiger partial charge in [-0.2, -0.15) is 21.6 Å². The summed E-state index contributed by atoms with van der Waals surface area (Å²) in [5, 5.41) is 9.70. The van der Waals surface area contributed by atoms with E-state index in [9.17, 15) is 31.5 Å². The third-order valence-electron chi connectivity index (χ3n) is 2.39. The first-order valence-electron chi connectivity index (χ1n) is 5.01. The van der Waals surface area contributed by atoms with Crippen LogP contribution < -0.4 is 9.92 Å². The molecule has 21 heavy (non-hydrogen) atoms. The normalized spacial score (nSPS) is 14.7. The average Bonchev–Trinajstić information content (AvgIpc) is 2.27. The molecule has 0 fully saturated rings. The van der Waals surface area contributed by atoms with Crippen molar-refractivity contribution in [2.75, 3.05) is 0 Å². The Bertz CT molecular complexity index is 613. The lowest BCUT2D eigenvalue weighted by Crippen LogP contribution is -2.38. The van der Waals surface area contributed by atoms with Crippen molar-refractivity contribution < 1.29 is 35.7 Å². The smallest absolute Gasteiger partial charge is 0.376 e. The van der Waals surface area contributed by atoms with Gasteiger partial charge in [0, 0.05) is 8.41 Å². The van der Waals surface area contributed by atoms with Crippen LogP contribution in [0.15, 0.2) is 24.3 Å². The number of amides is 1. The molecule has 0 saturated heterocycles. The highest BCUT2D eigenvalue weighted by molar-refractivity contribution is 7.87. The quantitative estimate of drug-likeness (QED) is 0.468. The molecule has 0 aromatic heterocycles. The van der Waals surface area contributed by atoms with Crippen LogP contribution in [0, 0.1) is 0 Å². The third kappa shape index (κ3) is 4.11. The van der Waals surface area contributed by atoms with Crippen LogP contribution in [0.4, 0.5) is 13.2 Å². The van der Waals surface area contributed by atoms with Gasteiger partial charge in [0.1, 0.15) is 5.75 Å². The number of rotatable bonds is 4. The van der Waals surface area contributed by atoms with Gasteiger partial charge in [0.15, 0.2) is 5.60 Å². The predicted molar refractivity (Wildman–Crippen MR) is 66.6 cm³/mol. The van der Waals surface area contributed by atoms with Crippen molar-refractivity contribution in [3.63, 3.8) is 0 Å². The molecular weight excluding hydrogens is 314 g/mol. The van der Waals surface area contributed by atoms with Crippen LogP contribution in [0.5, 0.6) is 5.75 Å². The molecule has 1 amide bonds. The fourth-order valence-corrected chi connectivity index (χ4v) is 1.61. The molecule has 1 unspecified atom stereocenters. The monoisotopic (exact) mass is 324 g/mol. The van der Waals surface area contributed by atoms with Gasteiger partial charge in [-0.25, -0.2) is 0 Å². The molecule has 115 valence electrons. The van der Waals surface area contributed by atoms with E-state index in [1.807, 2.05) is 0 Å². The molecule has 11 heteroatoms. The largest absolute Gasteiger partial charge is 0.534 e. The summed E-state index contributed by atoms with van der Waals surface area (Å²) in [5.74, 6) is -1.69. The maximum Gasteiger partial charge on any atom is 0.534 e. The summed E-state index contributed by atoms with van der Waals surface area (Å²) in [7, 11) is -5.77. The molecule has 3 N–H and O–H groups in total. The van der Waals surface area contributed by atoms with Crippen LogP contribution in [0.25, 0.3) is 0 Å². The summed E-state index contributed by atoms with van der Waals surface area (Å²) in [6.07, 6.45) is 0. The Morgan fingerprint density at radius 2 is 1.67 bits per heavy atom. The number of primary amides is 1. The highest BCUT2D eigenvalue weighted by atomic mass is 32.2. The molecule has 0 spiro atoms. The van der Waals surface area contributed by atoms with Crippen LogP contribution in [-0.4, -0.2) is 33.4 Å². The topological polar surface area (TPSA) is 107 Å². The Balaban J connectivity index is 0.00000400. The van der Waals surface area contributed by atoms with E-state index in [1.54, 1.807) is 0 Å². The summed E-state index contributed by atoms with van der Waals surface area (Å²) in [6.45, 7) is 1.08. The highest BCUT2D eigenvalue weighted by Crippen LogP contribution is 2.28. The number of halogens is 3. The van der Waals surface area contributed by atoms with Gasteiger partial charge in [-0.1, -0.05) is 12.1 Å². The predicted octanol–water partition coefficient (Wildman–Crippen LogP) is 0.227. The molecule has 0 aliphatic carbocycles. The lowest BCUT2D eigenvalue weighted by atomic mass is 9.95. The zero-order valence-corrected chi connectivity index (χ0v) is 11.4. The van der Waals surface area contributed by atoms with E-state index in [0.29, 0.717) is 0 Å². The van der Waals surface area contributed by atoms with Gasteiger partial charge in [-0.15, -0.1) is 0 Å². The second-order valence-electron chi connectivity index (χ2n) is 3.94. The number of benzene rings is 1. The number of aliphatic hydroxyl groups is 1. The van der Waals surface area contributed by atoms with Crippen LogP contribution in [0.1, 0.15) is 12.5 Å². The van der Waals surface area contributed by atoms with Gasteiger partial charge in [-0.3, -0.25) is 4.79 Å². The van der Waals surface area contributed by atoms with Crippen molar-refractivity contribution in [2.24, 2.45) is 5.73 Å². The van der Waals surface area contributed by atoms with Gasteiger partial charge < -0.3 is 15.0 Å². The highest BCUT2D eigenvalue weighted by Gasteiger charge is 2.48. The van der Waals surface area contributed by atoms with Gasteiger partial charge in [-0.05, 0) is 24.6 Å². The molecule has 1 rings (SSSR count). The SMILES string of the molecule is CC(O)(C(N)=O)c1ccc(OS(=O)(=O)C(F)(F)F)cc1.[B]. The summed E-state index contributed by atoms with van der Waals surface area (Å²) in [5.41, 5.74) is -2.68. The Hall–Kier alpha value is -1.75. The molecule has 1 aromatic carbocycles. The maximum absolute atomic E-state index is 12.1. The fourth-order valence-electron chi connectivity index (χ4n) is 1.15. The van der Waals surface area contributed by atoms with E-state index in [0.717, 1.165) is 31.2 Å². The lowest BCUT2D eigenvalue weighted by Gasteiger charge is -2.19. The summed E-state index contributed by atoms with van der Waals surface area (Å²) >= 11 is 0. The first kappa shape index (κ1) is 19.3. The van der Waals surface area contributed by atoms with Gasteiger partial charge in [0.2, 0.25) is 0 Å². The summed E-state index contributed by atoms with van der Waals surface area (Å²) < 4.78 is 61.6. The van der Waals surface area contributed by atoms with Gasteiger partial charge in [0.05, 0.1) is 0 Å². The first-order chi connectivity index (χ1) is 8.88. The van der Waals surface area contributed by atoms with Crippen LogP contribution in [0.3, 0.4) is 0 Å². The molecule has 0 heterocycles. The van der Waals surface area contributed by atoms with E-state index in [2.05, 4.69) is 4.18 Å². The zero-order chi connectivity index (χ0) is 15.8. The van der Waals surface area contributed by atoms with Gasteiger partial charge in [0.25, 0.3) is 5.91 Å². The van der Waals surface area contributed by atoms with Crippen molar-refractivity contribution in [3.8, 4) is 5.75 Å². The number of nitrogens with two attached hydrogens (primary N) is 1. The number of hydrogen-bond acceptors (Lipinski definition) is 5. The Kier molecular flexibility index (Phi) is 5.44. The van der Waals surface area contributed by atoms with E-state index < -0.39 is 32.9 Å². The average molecular weight is 324 g/mol. The van der Waals surface area contributed by atoms with Crippen molar-refractivity contribution in [1.82, 2.24) is 0 Å². The Morgan fingerprint density at radius 1 is 1.24 bits per heavy atom. The fraction of sp³-hybridized carbons (Fsp3) is 0.300. The minimum absolute atomic E-state index is 0. The van der Waals surface area contributed by atoms with E-state index in [1.165, 1.54) is 0 Å². The van der Waals surface area contributed by atoms with Crippen molar-refractivity contribution >= 4 is 24.4 Å². The van der Waals surface area contributed by atoms with E-state index in [4.69, 9.17) is 5.73 Å². The first-order valence-corrected chi connectivity index (χ1v) is 6.42. The maximum atomic E-state index is 12.1. The molecule has 0 aliphatic rings. The molecule has 0 aliphatic heterocycles. The molecular formula is C10H10BF3NO5S. The van der Waals surface area contributed by atoms with Crippen LogP contribution in [-0.2, 0) is 20.5 Å².